The van der Waals surface area contributed by atoms with Crippen LogP contribution in [0.25, 0.3) is 11.3 Å². The van der Waals surface area contributed by atoms with Crippen LogP contribution in [0.2, 0.25) is 18.1 Å². The summed E-state index contributed by atoms with van der Waals surface area (Å²) in [6.45, 7) is 12.3. The molecule has 0 radical (unpaired) electrons. The Morgan fingerprint density at radius 3 is 2.20 bits per heavy atom. The number of carbonyl (C=O) groups is 2. The number of nitrogens with one attached hydrogen (secondary N) is 2. The fraction of sp³-hybridized carbons (Fsp3) is 0.441. The van der Waals surface area contributed by atoms with Crippen LogP contribution in [0.15, 0.2) is 71.5 Å². The van der Waals surface area contributed by atoms with Crippen LogP contribution in [-0.4, -0.2) is 49.8 Å². The van der Waals surface area contributed by atoms with E-state index < -0.39 is 55.8 Å². The number of alkyl halides is 2. The molecule has 1 aromatic heterocycles. The largest absolute Gasteiger partial charge is 0.406 e. The molecule has 0 aliphatic carbocycles. The molecule has 2 aromatic carbocycles. The Labute approximate surface area is 265 Å². The van der Waals surface area contributed by atoms with E-state index in [0.29, 0.717) is 17.7 Å². The molecule has 1 atom stereocenters. The lowest BCUT2D eigenvalue weighted by Gasteiger charge is -2.40. The molecule has 3 rings (SSSR count). The molecule has 0 fully saturated rings. The predicted octanol–water partition coefficient (Wildman–Crippen LogP) is 5.72. The topological polar surface area (TPSA) is 115 Å². The van der Waals surface area contributed by atoms with Gasteiger partial charge in [0.2, 0.25) is 5.91 Å². The van der Waals surface area contributed by atoms with Gasteiger partial charge in [-0.3, -0.25) is 19.0 Å². The van der Waals surface area contributed by atoms with Crippen molar-refractivity contribution < 1.29 is 22.8 Å². The number of hydrogen-bond acceptors (Lipinski definition) is 5. The average Bonchev–Trinajstić information content (AvgIpc) is 2.97. The fourth-order valence-corrected chi connectivity index (χ4v) is 5.99. The van der Waals surface area contributed by atoms with E-state index in [0.717, 1.165) is 11.1 Å². The second kappa shape index (κ2) is 14.5. The lowest BCUT2D eigenvalue weighted by atomic mass is 9.95. The van der Waals surface area contributed by atoms with Crippen molar-refractivity contribution in [2.24, 2.45) is 0 Å². The van der Waals surface area contributed by atoms with Crippen LogP contribution in [-0.2, 0) is 27.0 Å². The first-order valence-electron chi connectivity index (χ1n) is 15.2. The Kier molecular flexibility index (Phi) is 11.5. The minimum absolute atomic E-state index is 0.0118. The van der Waals surface area contributed by atoms with E-state index in [1.54, 1.807) is 43.4 Å². The summed E-state index contributed by atoms with van der Waals surface area (Å²) in [7, 11) is -2.83. The third-order valence-electron chi connectivity index (χ3n) is 8.37. The number of amides is 2. The minimum atomic E-state index is -3.95. The number of halogens is 2. The lowest BCUT2D eigenvalue weighted by Crippen LogP contribution is -2.58. The van der Waals surface area contributed by atoms with Crippen LogP contribution in [0.5, 0.6) is 0 Å². The van der Waals surface area contributed by atoms with E-state index in [-0.39, 0.29) is 18.2 Å². The Morgan fingerprint density at radius 2 is 1.58 bits per heavy atom. The van der Waals surface area contributed by atoms with Gasteiger partial charge in [0, 0.05) is 13.1 Å². The molecule has 4 N–H and O–H groups in total. The number of aromatic nitrogens is 1. The van der Waals surface area contributed by atoms with Crippen LogP contribution in [0.1, 0.15) is 51.7 Å². The highest BCUT2D eigenvalue weighted by molar-refractivity contribution is 6.74. The Hall–Kier alpha value is -3.83. The summed E-state index contributed by atoms with van der Waals surface area (Å²) in [5.41, 5.74) is 8.40. The fourth-order valence-electron chi connectivity index (χ4n) is 4.70. The SMILES string of the molecule is CC(C)c1ccccc1CCNC(=O)C(F)(F)C(CNC(=O)Cn1c(-c2ccccc2)ccc(N)c1=O)O[Si](C)(C)C(C)(C)C. The Morgan fingerprint density at radius 1 is 0.956 bits per heavy atom. The maximum absolute atomic E-state index is 15.9. The number of pyridine rings is 1. The van der Waals surface area contributed by atoms with E-state index in [4.69, 9.17) is 10.2 Å². The standard InChI is InChI=1S/C34H46F2N4O4Si/c1-23(2)26-16-12-11-13-24(26)19-20-38-32(43)34(35,36)29(44-45(6,7)33(3,4)5)21-39-30(41)22-40-28(18-17-27(37)31(40)42)25-14-9-8-10-15-25/h8-18,23,29H,19-22,37H2,1-7H3,(H,38,43)(H,39,41). The number of anilines is 1. The van der Waals surface area contributed by atoms with Crippen molar-refractivity contribution in [1.29, 1.82) is 0 Å². The molecule has 45 heavy (non-hydrogen) atoms. The number of hydrogen-bond donors (Lipinski definition) is 3. The van der Waals surface area contributed by atoms with E-state index >= 15 is 8.78 Å². The lowest BCUT2D eigenvalue weighted by molar-refractivity contribution is -0.161. The molecule has 244 valence electrons. The molecule has 8 nitrogen and oxygen atoms in total. The molecule has 0 aliphatic rings. The van der Waals surface area contributed by atoms with E-state index in [1.807, 2.05) is 65.0 Å². The van der Waals surface area contributed by atoms with Gasteiger partial charge in [-0.1, -0.05) is 89.2 Å². The molecule has 0 saturated heterocycles. The van der Waals surface area contributed by atoms with Gasteiger partial charge in [-0.05, 0) is 59.3 Å². The highest BCUT2D eigenvalue weighted by atomic mass is 28.4. The Bertz CT molecular complexity index is 1540. The van der Waals surface area contributed by atoms with Crippen molar-refractivity contribution in [2.45, 2.75) is 83.7 Å². The number of benzene rings is 2. The van der Waals surface area contributed by atoms with E-state index in [9.17, 15) is 14.4 Å². The maximum Gasteiger partial charge on any atom is 0.350 e. The molecule has 0 saturated carbocycles. The van der Waals surface area contributed by atoms with Gasteiger partial charge in [-0.25, -0.2) is 0 Å². The van der Waals surface area contributed by atoms with Gasteiger partial charge in [-0.15, -0.1) is 0 Å². The average molecular weight is 641 g/mol. The van der Waals surface area contributed by atoms with Crippen LogP contribution >= 0.6 is 0 Å². The normalized spacial score (nSPS) is 13.0. The van der Waals surface area contributed by atoms with Crippen molar-refractivity contribution in [3.8, 4) is 11.3 Å². The van der Waals surface area contributed by atoms with Gasteiger partial charge in [0.15, 0.2) is 8.32 Å². The highest BCUT2D eigenvalue weighted by Crippen LogP contribution is 2.39. The predicted molar refractivity (Wildman–Crippen MR) is 178 cm³/mol. The molecule has 11 heteroatoms. The zero-order valence-electron chi connectivity index (χ0n) is 27.2. The van der Waals surface area contributed by atoms with Crippen molar-refractivity contribution >= 4 is 25.8 Å². The number of carbonyl (C=O) groups excluding carboxylic acids is 2. The molecule has 1 unspecified atom stereocenters. The first-order chi connectivity index (χ1) is 21.0. The molecule has 3 aromatic rings. The third-order valence-corrected chi connectivity index (χ3v) is 12.9. The van der Waals surface area contributed by atoms with Crippen molar-refractivity contribution in [3.05, 3.63) is 88.2 Å². The molecule has 0 spiro atoms. The number of nitrogen functional groups attached to an aromatic ring is 1. The van der Waals surface area contributed by atoms with Crippen LogP contribution in [0.4, 0.5) is 14.5 Å². The summed E-state index contributed by atoms with van der Waals surface area (Å²) in [4.78, 5) is 39.0. The maximum atomic E-state index is 15.9. The molecule has 0 bridgehead atoms. The van der Waals surface area contributed by atoms with Crippen LogP contribution in [0, 0.1) is 0 Å². The summed E-state index contributed by atoms with van der Waals surface area (Å²) in [5, 5.41) is 4.43. The second-order valence-electron chi connectivity index (χ2n) is 13.1. The molecule has 1 heterocycles. The summed E-state index contributed by atoms with van der Waals surface area (Å²) < 4.78 is 39.0. The van der Waals surface area contributed by atoms with Crippen LogP contribution in [0.3, 0.4) is 0 Å². The number of rotatable bonds is 13. The number of nitrogens with zero attached hydrogens (tertiary/aromatic N) is 1. The smallest absolute Gasteiger partial charge is 0.350 e. The van der Waals surface area contributed by atoms with Gasteiger partial charge in [0.05, 0.1) is 11.4 Å². The second-order valence-corrected chi connectivity index (χ2v) is 17.8. The van der Waals surface area contributed by atoms with Gasteiger partial charge < -0.3 is 20.8 Å². The van der Waals surface area contributed by atoms with Gasteiger partial charge in [-0.2, -0.15) is 8.78 Å². The zero-order valence-corrected chi connectivity index (χ0v) is 28.2. The van der Waals surface area contributed by atoms with E-state index in [1.165, 1.54) is 10.6 Å². The third kappa shape index (κ3) is 8.88. The number of nitrogens with two attached hydrogens (primary N) is 1. The summed E-state index contributed by atoms with van der Waals surface area (Å²) >= 11 is 0. The molecule has 0 aliphatic heterocycles. The first-order valence-corrected chi connectivity index (χ1v) is 18.1. The van der Waals surface area contributed by atoms with E-state index in [2.05, 4.69) is 10.6 Å². The van der Waals surface area contributed by atoms with Crippen molar-refractivity contribution in [1.82, 2.24) is 15.2 Å². The van der Waals surface area contributed by atoms with Gasteiger partial charge in [0.1, 0.15) is 12.6 Å². The summed E-state index contributed by atoms with van der Waals surface area (Å²) in [5.74, 6) is -5.88. The quantitative estimate of drug-likeness (QED) is 0.207. The molecular formula is C34H46F2N4O4Si. The highest BCUT2D eigenvalue weighted by Gasteiger charge is 2.52. The Balaban J connectivity index is 1.80. The van der Waals surface area contributed by atoms with Crippen molar-refractivity contribution in [3.63, 3.8) is 0 Å². The van der Waals surface area contributed by atoms with Crippen LogP contribution < -0.4 is 21.9 Å². The zero-order chi connectivity index (χ0) is 33.6. The summed E-state index contributed by atoms with van der Waals surface area (Å²) in [6, 6.07) is 19.8. The monoisotopic (exact) mass is 640 g/mol. The van der Waals surface area contributed by atoms with Crippen molar-refractivity contribution in [2.75, 3.05) is 18.8 Å². The minimum Gasteiger partial charge on any atom is -0.406 e. The van der Waals surface area contributed by atoms with Gasteiger partial charge >= 0.3 is 5.92 Å². The molecular weight excluding hydrogens is 594 g/mol. The first kappa shape index (κ1) is 35.6. The molecule has 2 amide bonds. The van der Waals surface area contributed by atoms with Gasteiger partial charge in [0.25, 0.3) is 11.5 Å². The summed E-state index contributed by atoms with van der Waals surface area (Å²) in [6.07, 6.45) is -1.55.